The number of halogens is 2. The van der Waals surface area contributed by atoms with Gasteiger partial charge in [0.15, 0.2) is 0 Å². The molecule has 7 heteroatoms. The second-order valence-electron chi connectivity index (χ2n) is 4.52. The summed E-state index contributed by atoms with van der Waals surface area (Å²) in [7, 11) is 0. The number of nitrogens with two attached hydrogens (primary N) is 1. The number of nitrogens with zero attached hydrogens (tertiary/aromatic N) is 1. The molecule has 3 N–H and O–H groups in total. The Morgan fingerprint density at radius 3 is 2.80 bits per heavy atom. The molecule has 2 rings (SSSR count). The largest absolute Gasteiger partial charge is 0.374 e. The molecule has 5 nitrogen and oxygen atoms in total. The SMILES string of the molecule is Cl.NCC1CN(CC(=O)Nc2ccc(Cl)cc2)CCO1. The van der Waals surface area contributed by atoms with Crippen LogP contribution in [0.25, 0.3) is 0 Å². The van der Waals surface area contributed by atoms with Crippen molar-refractivity contribution in [3.63, 3.8) is 0 Å². The number of ether oxygens (including phenoxy) is 1. The summed E-state index contributed by atoms with van der Waals surface area (Å²) in [4.78, 5) is 14.0. The van der Waals surface area contributed by atoms with Crippen LogP contribution in [-0.4, -0.2) is 49.7 Å². The zero-order valence-corrected chi connectivity index (χ0v) is 12.6. The van der Waals surface area contributed by atoms with E-state index in [1.807, 2.05) is 4.90 Å². The van der Waals surface area contributed by atoms with Crippen molar-refractivity contribution in [3.8, 4) is 0 Å². The number of benzene rings is 1. The summed E-state index contributed by atoms with van der Waals surface area (Å²) in [5, 5.41) is 3.49. The predicted molar refractivity (Wildman–Crippen MR) is 82.6 cm³/mol. The van der Waals surface area contributed by atoms with Crippen LogP contribution in [0.4, 0.5) is 5.69 Å². The van der Waals surface area contributed by atoms with E-state index in [4.69, 9.17) is 22.1 Å². The van der Waals surface area contributed by atoms with Gasteiger partial charge in [-0.2, -0.15) is 0 Å². The predicted octanol–water partition coefficient (Wildman–Crippen LogP) is 1.36. The first-order valence-electron chi connectivity index (χ1n) is 6.27. The second-order valence-corrected chi connectivity index (χ2v) is 4.96. The number of amides is 1. The minimum absolute atomic E-state index is 0. The van der Waals surface area contributed by atoms with Crippen molar-refractivity contribution in [2.24, 2.45) is 5.73 Å². The molecule has 1 atom stereocenters. The molecule has 1 fully saturated rings. The lowest BCUT2D eigenvalue weighted by Gasteiger charge is -2.31. The fraction of sp³-hybridized carbons (Fsp3) is 0.462. The normalized spacial score (nSPS) is 19.2. The van der Waals surface area contributed by atoms with E-state index in [0.29, 0.717) is 31.3 Å². The van der Waals surface area contributed by atoms with E-state index in [1.54, 1.807) is 24.3 Å². The topological polar surface area (TPSA) is 67.6 Å². The van der Waals surface area contributed by atoms with Crippen LogP contribution >= 0.6 is 24.0 Å². The first kappa shape index (κ1) is 17.2. The average molecular weight is 320 g/mol. The minimum atomic E-state index is -0.0417. The van der Waals surface area contributed by atoms with E-state index in [0.717, 1.165) is 12.2 Å². The summed E-state index contributed by atoms with van der Waals surface area (Å²) in [5.41, 5.74) is 6.32. The Morgan fingerprint density at radius 2 is 2.15 bits per heavy atom. The standard InChI is InChI=1S/C13H18ClN3O2.ClH/c14-10-1-3-11(4-2-10)16-13(18)9-17-5-6-19-12(7-15)8-17;/h1-4,12H,5-9,15H2,(H,16,18);1H. The van der Waals surface area contributed by atoms with Gasteiger partial charge in [0.25, 0.3) is 0 Å². The fourth-order valence-electron chi connectivity index (χ4n) is 2.00. The highest BCUT2D eigenvalue weighted by molar-refractivity contribution is 6.30. The van der Waals surface area contributed by atoms with E-state index in [-0.39, 0.29) is 24.4 Å². The molecule has 1 aliphatic rings. The van der Waals surface area contributed by atoms with Crippen LogP contribution in [0.15, 0.2) is 24.3 Å². The second kappa shape index (κ2) is 8.44. The molecule has 0 bridgehead atoms. The van der Waals surface area contributed by atoms with E-state index in [2.05, 4.69) is 5.32 Å². The first-order valence-corrected chi connectivity index (χ1v) is 6.64. The van der Waals surface area contributed by atoms with Crippen molar-refractivity contribution in [3.05, 3.63) is 29.3 Å². The van der Waals surface area contributed by atoms with Gasteiger partial charge >= 0.3 is 0 Å². The average Bonchev–Trinajstić information content (AvgIpc) is 2.41. The van der Waals surface area contributed by atoms with Gasteiger partial charge in [0.2, 0.25) is 5.91 Å². The van der Waals surface area contributed by atoms with Gasteiger partial charge < -0.3 is 15.8 Å². The van der Waals surface area contributed by atoms with Gasteiger partial charge in [0.05, 0.1) is 19.3 Å². The molecule has 1 amide bonds. The molecule has 0 spiro atoms. The molecule has 0 aromatic heterocycles. The van der Waals surface area contributed by atoms with E-state index in [1.165, 1.54) is 0 Å². The number of anilines is 1. The Hall–Kier alpha value is -0.850. The van der Waals surface area contributed by atoms with Crippen molar-refractivity contribution in [2.75, 3.05) is 38.1 Å². The molecular formula is C13H19Cl2N3O2. The molecule has 1 aromatic carbocycles. The summed E-state index contributed by atoms with van der Waals surface area (Å²) < 4.78 is 5.46. The zero-order valence-electron chi connectivity index (χ0n) is 11.0. The maximum absolute atomic E-state index is 11.9. The van der Waals surface area contributed by atoms with Crippen LogP contribution in [-0.2, 0) is 9.53 Å². The van der Waals surface area contributed by atoms with Crippen molar-refractivity contribution >= 4 is 35.6 Å². The minimum Gasteiger partial charge on any atom is -0.374 e. The molecule has 0 radical (unpaired) electrons. The summed E-state index contributed by atoms with van der Waals surface area (Å²) in [6.07, 6.45) is 0.0251. The quantitative estimate of drug-likeness (QED) is 0.879. The van der Waals surface area contributed by atoms with Gasteiger partial charge in [0.1, 0.15) is 0 Å². The third-order valence-corrected chi connectivity index (χ3v) is 3.23. The molecule has 1 aromatic rings. The number of carbonyl (C=O) groups is 1. The van der Waals surface area contributed by atoms with Crippen molar-refractivity contribution in [1.82, 2.24) is 4.90 Å². The van der Waals surface area contributed by atoms with Gasteiger partial charge in [0, 0.05) is 30.3 Å². The van der Waals surface area contributed by atoms with Crippen LogP contribution in [0.3, 0.4) is 0 Å². The lowest BCUT2D eigenvalue weighted by molar-refractivity contribution is -0.119. The van der Waals surface area contributed by atoms with E-state index >= 15 is 0 Å². The van der Waals surface area contributed by atoms with Crippen LogP contribution in [0, 0.1) is 0 Å². The molecule has 1 unspecified atom stereocenters. The molecule has 1 saturated heterocycles. The van der Waals surface area contributed by atoms with Crippen molar-refractivity contribution in [1.29, 1.82) is 0 Å². The van der Waals surface area contributed by atoms with E-state index in [9.17, 15) is 4.79 Å². The first-order chi connectivity index (χ1) is 9.17. The number of hydrogen-bond donors (Lipinski definition) is 2. The molecule has 112 valence electrons. The third kappa shape index (κ3) is 5.26. The monoisotopic (exact) mass is 319 g/mol. The number of morpholine rings is 1. The van der Waals surface area contributed by atoms with Crippen molar-refractivity contribution in [2.45, 2.75) is 6.10 Å². The highest BCUT2D eigenvalue weighted by atomic mass is 35.5. The maximum Gasteiger partial charge on any atom is 0.238 e. The number of carbonyl (C=O) groups excluding carboxylic acids is 1. The molecule has 0 saturated carbocycles. The van der Waals surface area contributed by atoms with Crippen LogP contribution in [0.1, 0.15) is 0 Å². The zero-order chi connectivity index (χ0) is 13.7. The third-order valence-electron chi connectivity index (χ3n) is 2.98. The lowest BCUT2D eigenvalue weighted by Crippen LogP contribution is -2.48. The number of rotatable bonds is 4. The Morgan fingerprint density at radius 1 is 1.45 bits per heavy atom. The molecular weight excluding hydrogens is 301 g/mol. The van der Waals surface area contributed by atoms with Gasteiger partial charge in [-0.1, -0.05) is 11.6 Å². The molecule has 20 heavy (non-hydrogen) atoms. The van der Waals surface area contributed by atoms with Gasteiger partial charge in [-0.05, 0) is 24.3 Å². The number of hydrogen-bond acceptors (Lipinski definition) is 4. The summed E-state index contributed by atoms with van der Waals surface area (Å²) in [6, 6.07) is 7.05. The Bertz CT molecular complexity index is 428. The summed E-state index contributed by atoms with van der Waals surface area (Å²) in [6.45, 7) is 2.91. The Kier molecular flexibility index (Phi) is 7.26. The van der Waals surface area contributed by atoms with Crippen LogP contribution < -0.4 is 11.1 Å². The number of nitrogens with one attached hydrogen (secondary N) is 1. The summed E-state index contributed by atoms with van der Waals surface area (Å²) in [5.74, 6) is -0.0417. The highest BCUT2D eigenvalue weighted by Crippen LogP contribution is 2.13. The van der Waals surface area contributed by atoms with Crippen LogP contribution in [0.2, 0.25) is 5.02 Å². The van der Waals surface area contributed by atoms with E-state index < -0.39 is 0 Å². The fourth-order valence-corrected chi connectivity index (χ4v) is 2.13. The van der Waals surface area contributed by atoms with Gasteiger partial charge in [-0.15, -0.1) is 12.4 Å². The van der Waals surface area contributed by atoms with Gasteiger partial charge in [-0.3, -0.25) is 9.69 Å². The highest BCUT2D eigenvalue weighted by Gasteiger charge is 2.20. The summed E-state index contributed by atoms with van der Waals surface area (Å²) >= 11 is 5.79. The smallest absolute Gasteiger partial charge is 0.238 e. The maximum atomic E-state index is 11.9. The Labute approximate surface area is 129 Å². The molecule has 0 aliphatic carbocycles. The van der Waals surface area contributed by atoms with Gasteiger partial charge in [-0.25, -0.2) is 0 Å². The van der Waals surface area contributed by atoms with Crippen LogP contribution in [0.5, 0.6) is 0 Å². The lowest BCUT2D eigenvalue weighted by atomic mass is 10.2. The molecule has 1 aliphatic heterocycles. The Balaban J connectivity index is 0.00000200. The van der Waals surface area contributed by atoms with Crippen molar-refractivity contribution < 1.29 is 9.53 Å². The molecule has 1 heterocycles.